The van der Waals surface area contributed by atoms with Crippen molar-refractivity contribution in [2.45, 2.75) is 19.3 Å². The van der Waals surface area contributed by atoms with Crippen LogP contribution in [0.3, 0.4) is 0 Å². The van der Waals surface area contributed by atoms with Gasteiger partial charge in [-0.15, -0.1) is 13.2 Å². The van der Waals surface area contributed by atoms with E-state index in [4.69, 9.17) is 27.6 Å². The summed E-state index contributed by atoms with van der Waals surface area (Å²) in [5, 5.41) is 11.3. The number of amides is 1. The smallest absolute Gasteiger partial charge is 0.507 e. The Balaban J connectivity index is 1.89. The summed E-state index contributed by atoms with van der Waals surface area (Å²) in [4.78, 5) is 27.0. The minimum atomic E-state index is -4.96. The Labute approximate surface area is 200 Å². The predicted molar refractivity (Wildman–Crippen MR) is 118 cm³/mol. The van der Waals surface area contributed by atoms with Gasteiger partial charge in [0.2, 0.25) is 0 Å². The SMILES string of the molecule is Cc1ccc(C2/C(=C(/O)c3ccc(Cl)c(Cl)c3)C(=O)C(=O)N2c2cccc(OC(F)(F)F)c2)o1. The van der Waals surface area contributed by atoms with Crippen LogP contribution in [0.25, 0.3) is 5.76 Å². The summed E-state index contributed by atoms with van der Waals surface area (Å²) in [5.41, 5.74) is -0.300. The van der Waals surface area contributed by atoms with Gasteiger partial charge in [0, 0.05) is 17.3 Å². The van der Waals surface area contributed by atoms with Crippen LogP contribution in [-0.2, 0) is 9.59 Å². The van der Waals surface area contributed by atoms with Gasteiger partial charge in [0.25, 0.3) is 11.7 Å². The first-order valence-corrected chi connectivity index (χ1v) is 10.4. The quantitative estimate of drug-likeness (QED) is 0.248. The molecule has 0 bridgehead atoms. The second kappa shape index (κ2) is 8.73. The zero-order valence-corrected chi connectivity index (χ0v) is 18.7. The maximum Gasteiger partial charge on any atom is 0.573 e. The maximum atomic E-state index is 13.0. The van der Waals surface area contributed by atoms with Gasteiger partial charge in [-0.1, -0.05) is 29.3 Å². The van der Waals surface area contributed by atoms with Crippen molar-refractivity contribution in [2.24, 2.45) is 0 Å². The second-order valence-corrected chi connectivity index (χ2v) is 8.11. The fraction of sp³-hybridized carbons (Fsp3) is 0.130. The number of halogens is 5. The Hall–Kier alpha value is -3.43. The van der Waals surface area contributed by atoms with Gasteiger partial charge in [-0.2, -0.15) is 0 Å². The molecule has 1 fully saturated rings. The van der Waals surface area contributed by atoms with Gasteiger partial charge in [0.05, 0.1) is 15.6 Å². The number of alkyl halides is 3. The first-order chi connectivity index (χ1) is 16.0. The molecule has 1 amide bonds. The van der Waals surface area contributed by atoms with E-state index in [0.29, 0.717) is 5.76 Å². The molecule has 0 aliphatic carbocycles. The molecule has 1 atom stereocenters. The molecule has 0 spiro atoms. The molecule has 1 unspecified atom stereocenters. The number of ketones is 1. The van der Waals surface area contributed by atoms with E-state index in [2.05, 4.69) is 4.74 Å². The van der Waals surface area contributed by atoms with Gasteiger partial charge in [-0.05, 0) is 49.4 Å². The van der Waals surface area contributed by atoms with Crippen LogP contribution in [0.4, 0.5) is 18.9 Å². The molecular formula is C23H14Cl2F3NO5. The molecule has 0 radical (unpaired) electrons. The average molecular weight is 512 g/mol. The summed E-state index contributed by atoms with van der Waals surface area (Å²) >= 11 is 12.0. The standard InChI is InChI=1S/C23H14Cl2F3NO5/c1-11-5-8-17(33-11)19-18(20(30)12-6-7-15(24)16(25)9-12)21(31)22(32)29(19)13-3-2-4-14(10-13)34-23(26,27)28/h2-10,19,30H,1H3/b20-18-. The van der Waals surface area contributed by atoms with Gasteiger partial charge < -0.3 is 14.3 Å². The molecular weight excluding hydrogens is 498 g/mol. The lowest BCUT2D eigenvalue weighted by atomic mass is 9.99. The zero-order valence-electron chi connectivity index (χ0n) is 17.2. The highest BCUT2D eigenvalue weighted by molar-refractivity contribution is 6.51. The number of carbonyl (C=O) groups excluding carboxylic acids is 2. The number of nitrogens with zero attached hydrogens (tertiary/aromatic N) is 1. The summed E-state index contributed by atoms with van der Waals surface area (Å²) in [7, 11) is 0. The highest BCUT2D eigenvalue weighted by Gasteiger charge is 2.48. The number of benzene rings is 2. The molecule has 6 nitrogen and oxygen atoms in total. The maximum absolute atomic E-state index is 13.0. The minimum absolute atomic E-state index is 0.0731. The zero-order chi connectivity index (χ0) is 24.8. The molecule has 2 heterocycles. The normalized spacial score (nSPS) is 17.9. The monoisotopic (exact) mass is 511 g/mol. The number of furan rings is 1. The van der Waals surface area contributed by atoms with E-state index in [-0.39, 0.29) is 32.6 Å². The van der Waals surface area contributed by atoms with Crippen molar-refractivity contribution >= 4 is 46.3 Å². The van der Waals surface area contributed by atoms with Gasteiger partial charge in [-0.25, -0.2) is 0 Å². The number of Topliss-reactive ketones (excluding diaryl/α,β-unsaturated/α-hetero) is 1. The Morgan fingerprint density at radius 3 is 2.41 bits per heavy atom. The molecule has 1 aliphatic rings. The van der Waals surface area contributed by atoms with Crippen LogP contribution in [0.1, 0.15) is 23.1 Å². The third-order valence-electron chi connectivity index (χ3n) is 5.00. The van der Waals surface area contributed by atoms with E-state index in [1.165, 1.54) is 36.4 Å². The third kappa shape index (κ3) is 4.49. The lowest BCUT2D eigenvalue weighted by molar-refractivity contribution is -0.274. The molecule has 0 saturated carbocycles. The Morgan fingerprint density at radius 2 is 1.79 bits per heavy atom. The van der Waals surface area contributed by atoms with E-state index in [1.54, 1.807) is 13.0 Å². The number of ether oxygens (including phenoxy) is 1. The van der Waals surface area contributed by atoms with Crippen molar-refractivity contribution in [3.63, 3.8) is 0 Å². The molecule has 176 valence electrons. The molecule has 1 N–H and O–H groups in total. The van der Waals surface area contributed by atoms with Crippen LogP contribution < -0.4 is 9.64 Å². The fourth-order valence-electron chi connectivity index (χ4n) is 3.60. The molecule has 34 heavy (non-hydrogen) atoms. The van der Waals surface area contributed by atoms with Crippen LogP contribution in [-0.4, -0.2) is 23.2 Å². The van der Waals surface area contributed by atoms with Gasteiger partial charge in [-0.3, -0.25) is 14.5 Å². The lowest BCUT2D eigenvalue weighted by Crippen LogP contribution is -2.29. The molecule has 1 aromatic heterocycles. The van der Waals surface area contributed by atoms with Crippen LogP contribution in [0.2, 0.25) is 10.0 Å². The highest BCUT2D eigenvalue weighted by atomic mass is 35.5. The lowest BCUT2D eigenvalue weighted by Gasteiger charge is -2.24. The predicted octanol–water partition coefficient (Wildman–Crippen LogP) is 6.42. The van der Waals surface area contributed by atoms with Crippen molar-refractivity contribution in [1.29, 1.82) is 0 Å². The largest absolute Gasteiger partial charge is 0.573 e. The van der Waals surface area contributed by atoms with E-state index in [9.17, 15) is 27.9 Å². The summed E-state index contributed by atoms with van der Waals surface area (Å²) in [6.07, 6.45) is -4.96. The minimum Gasteiger partial charge on any atom is -0.507 e. The molecule has 11 heteroatoms. The Morgan fingerprint density at radius 1 is 1.06 bits per heavy atom. The van der Waals surface area contributed by atoms with Gasteiger partial charge in [0.15, 0.2) is 0 Å². The van der Waals surface area contributed by atoms with Crippen LogP contribution in [0.5, 0.6) is 5.75 Å². The first-order valence-electron chi connectivity index (χ1n) is 9.65. The van der Waals surface area contributed by atoms with E-state index >= 15 is 0 Å². The third-order valence-corrected chi connectivity index (χ3v) is 5.74. The van der Waals surface area contributed by atoms with Crippen molar-refractivity contribution in [3.8, 4) is 5.75 Å². The summed E-state index contributed by atoms with van der Waals surface area (Å²) in [5.74, 6) is -2.73. The molecule has 2 aromatic carbocycles. The summed E-state index contributed by atoms with van der Waals surface area (Å²) in [6, 6.07) is 10.5. The summed E-state index contributed by atoms with van der Waals surface area (Å²) in [6.45, 7) is 1.63. The number of carbonyl (C=O) groups is 2. The van der Waals surface area contributed by atoms with Crippen LogP contribution >= 0.6 is 23.2 Å². The van der Waals surface area contributed by atoms with Crippen molar-refractivity contribution in [3.05, 3.63) is 87.3 Å². The van der Waals surface area contributed by atoms with Crippen molar-refractivity contribution in [1.82, 2.24) is 0 Å². The van der Waals surface area contributed by atoms with Crippen molar-refractivity contribution in [2.75, 3.05) is 4.90 Å². The number of aliphatic hydroxyl groups is 1. The number of aliphatic hydroxyl groups excluding tert-OH is 1. The average Bonchev–Trinajstić information content (AvgIpc) is 3.29. The van der Waals surface area contributed by atoms with Crippen molar-refractivity contribution < 1.29 is 37.0 Å². The Kier molecular flexibility index (Phi) is 6.09. The molecule has 1 aliphatic heterocycles. The van der Waals surface area contributed by atoms with E-state index in [1.807, 2.05) is 0 Å². The fourth-order valence-corrected chi connectivity index (χ4v) is 3.90. The molecule has 3 aromatic rings. The number of hydrogen-bond donors (Lipinski definition) is 1. The number of aryl methyl sites for hydroxylation is 1. The van der Waals surface area contributed by atoms with E-state index < -0.39 is 35.6 Å². The number of anilines is 1. The number of rotatable bonds is 4. The molecule has 1 saturated heterocycles. The van der Waals surface area contributed by atoms with Gasteiger partial charge in [0.1, 0.15) is 29.1 Å². The van der Waals surface area contributed by atoms with E-state index in [0.717, 1.165) is 17.0 Å². The Bertz CT molecular complexity index is 1330. The van der Waals surface area contributed by atoms with Crippen LogP contribution in [0, 0.1) is 6.92 Å². The van der Waals surface area contributed by atoms with Crippen LogP contribution in [0.15, 0.2) is 64.6 Å². The highest BCUT2D eigenvalue weighted by Crippen LogP contribution is 2.44. The summed E-state index contributed by atoms with van der Waals surface area (Å²) < 4.78 is 47.7. The topological polar surface area (TPSA) is 80.0 Å². The van der Waals surface area contributed by atoms with Gasteiger partial charge >= 0.3 is 6.36 Å². The number of hydrogen-bond acceptors (Lipinski definition) is 5. The second-order valence-electron chi connectivity index (χ2n) is 7.29. The first kappa shape index (κ1) is 23.7. The molecule has 4 rings (SSSR count).